The number of fused-ring (bicyclic) bond motifs is 22. The van der Waals surface area contributed by atoms with Gasteiger partial charge in [0.25, 0.3) is 0 Å². The normalized spacial score (nSPS) is 12.2. The van der Waals surface area contributed by atoms with Crippen LogP contribution < -0.4 is 4.90 Å². The topological polar surface area (TPSA) is 31.2 Å². The molecule has 0 bridgehead atoms. The number of hydrogen-bond acceptors (Lipinski definition) is 3. The number of nitrogens with zero attached hydrogens (tertiary/aromatic N) is 4. The molecule has 0 unspecified atom stereocenters. The van der Waals surface area contributed by atoms with Gasteiger partial charge >= 0.3 is 0 Å². The monoisotopic (exact) mass is 1240 g/mol. The molecule has 0 aliphatic rings. The molecule has 16 aromatic carbocycles. The van der Waals surface area contributed by atoms with Crippen LogP contribution in [0.1, 0.15) is 0 Å². The highest BCUT2D eigenvalue weighted by molar-refractivity contribution is 7.26. The summed E-state index contributed by atoms with van der Waals surface area (Å²) >= 11 is 1.92. The molecular weight excluding hydrogens is 1190 g/mol. The fraction of sp³-hybridized carbons (Fsp3) is 0. The van der Waals surface area contributed by atoms with Crippen LogP contribution in [0.5, 0.6) is 0 Å². The Balaban J connectivity index is 0.771. The minimum Gasteiger partial charge on any atom is -0.456 e. The number of aromatic nitrogens is 3. The van der Waals surface area contributed by atoms with E-state index in [1.165, 1.54) is 112 Å². The molecule has 5 nitrogen and oxygen atoms in total. The fourth-order valence-electron chi connectivity index (χ4n) is 16.1. The van der Waals surface area contributed by atoms with E-state index in [0.29, 0.717) is 0 Å². The zero-order chi connectivity index (χ0) is 62.7. The van der Waals surface area contributed by atoms with E-state index in [1.807, 2.05) is 23.5 Å². The summed E-state index contributed by atoms with van der Waals surface area (Å²) in [6.45, 7) is 0. The summed E-state index contributed by atoms with van der Waals surface area (Å²) in [4.78, 5) is 2.34. The summed E-state index contributed by atoms with van der Waals surface area (Å²) in [7, 11) is 0. The van der Waals surface area contributed by atoms with Crippen molar-refractivity contribution in [1.29, 1.82) is 0 Å². The van der Waals surface area contributed by atoms with Crippen LogP contribution in [0.15, 0.2) is 332 Å². The summed E-state index contributed by atoms with van der Waals surface area (Å²) in [5.74, 6) is 0. The van der Waals surface area contributed by atoms with Crippen molar-refractivity contribution < 1.29 is 4.42 Å². The Morgan fingerprint density at radius 3 is 1.33 bits per heavy atom. The highest BCUT2D eigenvalue weighted by atomic mass is 32.1. The van der Waals surface area contributed by atoms with Crippen LogP contribution >= 0.6 is 11.3 Å². The average Bonchev–Trinajstić information content (AvgIpc) is 1.53. The first-order chi connectivity index (χ1) is 47.6. The predicted molar refractivity (Wildman–Crippen MR) is 408 cm³/mol. The summed E-state index contributed by atoms with van der Waals surface area (Å²) in [5.41, 5.74) is 20.1. The Labute approximate surface area is 554 Å². The molecule has 6 heteroatoms. The number of furan rings is 1. The molecule has 0 fully saturated rings. The molecule has 96 heavy (non-hydrogen) atoms. The maximum atomic E-state index is 6.30. The van der Waals surface area contributed by atoms with Gasteiger partial charge in [-0.1, -0.05) is 182 Å². The molecule has 0 spiro atoms. The average molecular weight is 1240 g/mol. The van der Waals surface area contributed by atoms with Gasteiger partial charge in [-0.25, -0.2) is 0 Å². The van der Waals surface area contributed by atoms with Crippen molar-refractivity contribution >= 4 is 168 Å². The van der Waals surface area contributed by atoms with Crippen molar-refractivity contribution in [2.24, 2.45) is 0 Å². The van der Waals surface area contributed by atoms with Crippen LogP contribution in [0.25, 0.3) is 179 Å². The molecule has 0 aliphatic carbocycles. The van der Waals surface area contributed by atoms with Gasteiger partial charge < -0.3 is 23.0 Å². The quantitative estimate of drug-likeness (QED) is 0.142. The summed E-state index contributed by atoms with van der Waals surface area (Å²) < 4.78 is 16.3. The van der Waals surface area contributed by atoms with Gasteiger partial charge in [0.05, 0.1) is 37.8 Å². The maximum absolute atomic E-state index is 6.30. The predicted octanol–water partition coefficient (Wildman–Crippen LogP) is 25.5. The summed E-state index contributed by atoms with van der Waals surface area (Å²) in [6.07, 6.45) is 0. The van der Waals surface area contributed by atoms with Gasteiger partial charge in [-0.3, -0.25) is 0 Å². The molecule has 0 aliphatic heterocycles. The molecule has 21 aromatic rings. The SMILES string of the molecule is c1ccc(N(c2ccc(-c3ccc4c(c3)c3ccc5c6cc7c8ccccc8c8ccccc8c7cc6sc5c3n4-c3ccc4c(c3)c3cc(-c5ccc6c(c5)c5ccccc5n6-c5ccccc5)ccc3n4-c3ccccc3)cc2)c2ccc3oc4ccccc4c3c2)cc1. The van der Waals surface area contributed by atoms with Gasteiger partial charge in [-0.15, -0.1) is 11.3 Å². The molecule has 0 atom stereocenters. The third kappa shape index (κ3) is 7.85. The first-order valence-corrected chi connectivity index (χ1v) is 33.7. The minimum absolute atomic E-state index is 0.879. The second-order valence-corrected chi connectivity index (χ2v) is 26.6. The summed E-state index contributed by atoms with van der Waals surface area (Å²) in [6, 6.07) is 121. The fourth-order valence-corrected chi connectivity index (χ4v) is 17.3. The van der Waals surface area contributed by atoms with Crippen molar-refractivity contribution in [3.05, 3.63) is 328 Å². The van der Waals surface area contributed by atoms with E-state index in [1.54, 1.807) is 0 Å². The molecule has 5 aromatic heterocycles. The second-order valence-electron chi connectivity index (χ2n) is 25.5. The second kappa shape index (κ2) is 20.5. The van der Waals surface area contributed by atoms with Crippen molar-refractivity contribution in [3.63, 3.8) is 0 Å². The first-order valence-electron chi connectivity index (χ1n) is 32.9. The van der Waals surface area contributed by atoms with Crippen LogP contribution in [0, 0.1) is 0 Å². The Morgan fingerprint density at radius 2 is 0.677 bits per heavy atom. The lowest BCUT2D eigenvalue weighted by Gasteiger charge is -2.25. The highest BCUT2D eigenvalue weighted by Crippen LogP contribution is 2.49. The number of thiophene rings is 1. The van der Waals surface area contributed by atoms with Gasteiger partial charge in [-0.2, -0.15) is 0 Å². The zero-order valence-electron chi connectivity index (χ0n) is 51.8. The molecule has 0 amide bonds. The van der Waals surface area contributed by atoms with Crippen LogP contribution in [0.2, 0.25) is 0 Å². The van der Waals surface area contributed by atoms with Crippen LogP contribution in [0.3, 0.4) is 0 Å². The largest absolute Gasteiger partial charge is 0.456 e. The van der Waals surface area contributed by atoms with Crippen molar-refractivity contribution in [2.75, 3.05) is 4.90 Å². The minimum atomic E-state index is 0.879. The van der Waals surface area contributed by atoms with E-state index < -0.39 is 0 Å². The smallest absolute Gasteiger partial charge is 0.135 e. The van der Waals surface area contributed by atoms with E-state index in [4.69, 9.17) is 4.42 Å². The van der Waals surface area contributed by atoms with Gasteiger partial charge in [0.1, 0.15) is 11.2 Å². The number of para-hydroxylation sites is 5. The van der Waals surface area contributed by atoms with Gasteiger partial charge in [0, 0.05) is 92.7 Å². The van der Waals surface area contributed by atoms with E-state index in [2.05, 4.69) is 334 Å². The lowest BCUT2D eigenvalue weighted by atomic mass is 9.93. The lowest BCUT2D eigenvalue weighted by Crippen LogP contribution is -2.09. The van der Waals surface area contributed by atoms with E-state index >= 15 is 0 Å². The Hall–Kier alpha value is -12.5. The van der Waals surface area contributed by atoms with E-state index in [9.17, 15) is 0 Å². The molecule has 21 rings (SSSR count). The molecule has 0 N–H and O–H groups in total. The highest BCUT2D eigenvalue weighted by Gasteiger charge is 2.24. The molecule has 0 saturated heterocycles. The lowest BCUT2D eigenvalue weighted by molar-refractivity contribution is 0.669. The molecule has 5 heterocycles. The van der Waals surface area contributed by atoms with Crippen molar-refractivity contribution in [3.8, 4) is 39.3 Å². The van der Waals surface area contributed by atoms with Gasteiger partial charge in [0.2, 0.25) is 0 Å². The number of anilines is 3. The molecule has 0 radical (unpaired) electrons. The number of rotatable bonds is 8. The van der Waals surface area contributed by atoms with E-state index in [-0.39, 0.29) is 0 Å². The Bertz CT molecular complexity index is 6810. The first kappa shape index (κ1) is 53.1. The Morgan fingerprint density at radius 1 is 0.229 bits per heavy atom. The number of benzene rings is 16. The third-order valence-electron chi connectivity index (χ3n) is 20.4. The molecule has 0 saturated carbocycles. The van der Waals surface area contributed by atoms with Crippen LogP contribution in [-0.4, -0.2) is 13.7 Å². The Kier molecular flexibility index (Phi) is 11.3. The standard InChI is InChI=1S/C90H54N4OS/c1-4-18-59(19-5-1)91(63-40-47-87-79(52-63)70-29-15-17-31-86(70)95-87)62-37-32-55(33-38-62)56-34-45-85-76(48-56)71-41-42-72-80-53-73-67-26-12-10-24-65(67)66-25-11-13-27-68(66)74(73)54-88(80)96-90(72)89(71)94(85)64-39-46-84-78(51-64)77-50-58(36-44-83(77)93(84)61-22-8-3-9-23-61)57-35-43-82-75(49-57)69-28-14-16-30-81(69)92(82)60-20-6-2-7-21-60/h1-54H. The van der Waals surface area contributed by atoms with Crippen LogP contribution in [-0.2, 0) is 0 Å². The van der Waals surface area contributed by atoms with Crippen molar-refractivity contribution in [2.45, 2.75) is 0 Å². The van der Waals surface area contributed by atoms with Gasteiger partial charge in [-0.05, 0) is 200 Å². The molecule has 446 valence electrons. The molecular formula is C90H54N4OS. The van der Waals surface area contributed by atoms with Crippen molar-refractivity contribution in [1.82, 2.24) is 13.7 Å². The van der Waals surface area contributed by atoms with E-state index in [0.717, 1.165) is 83.7 Å². The third-order valence-corrected chi connectivity index (χ3v) is 21.5. The van der Waals surface area contributed by atoms with Crippen LogP contribution in [0.4, 0.5) is 17.1 Å². The summed E-state index contributed by atoms with van der Waals surface area (Å²) in [5, 5.41) is 19.7. The maximum Gasteiger partial charge on any atom is 0.135 e. The zero-order valence-corrected chi connectivity index (χ0v) is 52.6. The number of hydrogen-bond donors (Lipinski definition) is 0. The van der Waals surface area contributed by atoms with Gasteiger partial charge in [0.15, 0.2) is 0 Å².